The molecule has 0 spiro atoms. The Hall–Kier alpha value is -3.18. The average molecular weight is 556 g/mol. The predicted octanol–water partition coefficient (Wildman–Crippen LogP) is 6.36. The second kappa shape index (κ2) is 10.4. The van der Waals surface area contributed by atoms with Crippen LogP contribution in [0.5, 0.6) is 5.75 Å². The smallest absolute Gasteiger partial charge is 0.282 e. The quantitative estimate of drug-likeness (QED) is 0.259. The Morgan fingerprint density at radius 3 is 2.62 bits per heavy atom. The lowest BCUT2D eigenvalue weighted by Gasteiger charge is -2.12. The van der Waals surface area contributed by atoms with E-state index in [-0.39, 0.29) is 22.2 Å². The van der Waals surface area contributed by atoms with Gasteiger partial charge in [0.15, 0.2) is 5.75 Å². The van der Waals surface area contributed by atoms with E-state index in [1.54, 1.807) is 42.5 Å². The molecule has 0 radical (unpaired) electrons. The fraction of sp³-hybridized carbons (Fsp3) is 0.120. The van der Waals surface area contributed by atoms with Crippen LogP contribution in [-0.4, -0.2) is 15.9 Å². The number of aryl methyl sites for hydroxylation is 1. The Labute approximate surface area is 214 Å². The van der Waals surface area contributed by atoms with Gasteiger partial charge in [-0.1, -0.05) is 64.3 Å². The molecule has 0 N–H and O–H groups in total. The second-order valence-corrected chi connectivity index (χ2v) is 9.01. The van der Waals surface area contributed by atoms with Gasteiger partial charge in [-0.15, -0.1) is 0 Å². The summed E-state index contributed by atoms with van der Waals surface area (Å²) < 4.78 is 7.86. The number of hydrogen-bond acceptors (Lipinski definition) is 5. The maximum atomic E-state index is 13.0. The van der Waals surface area contributed by atoms with Crippen LogP contribution in [0.2, 0.25) is 10.0 Å². The van der Waals surface area contributed by atoms with Crippen molar-refractivity contribution in [3.05, 3.63) is 102 Å². The van der Waals surface area contributed by atoms with Gasteiger partial charge >= 0.3 is 0 Å². The molecule has 34 heavy (non-hydrogen) atoms. The molecular formula is C25H17BrCl2N4O2. The van der Waals surface area contributed by atoms with Crippen molar-refractivity contribution in [3.8, 4) is 11.8 Å². The van der Waals surface area contributed by atoms with Crippen molar-refractivity contribution in [1.82, 2.24) is 9.66 Å². The number of fused-ring (bicyclic) bond motifs is 1. The minimum Gasteiger partial charge on any atom is -0.486 e. The SMILES string of the molecule is CCc1nc2ccc(Br)cc2c(=O)n1N=Cc1cc(Cl)c(OCc2ccccc2C#N)c(Cl)c1. The van der Waals surface area contributed by atoms with Gasteiger partial charge < -0.3 is 4.74 Å². The molecule has 6 nitrogen and oxygen atoms in total. The van der Waals surface area contributed by atoms with E-state index >= 15 is 0 Å². The van der Waals surface area contributed by atoms with Crippen LogP contribution in [0.1, 0.15) is 29.4 Å². The fourth-order valence-electron chi connectivity index (χ4n) is 3.36. The summed E-state index contributed by atoms with van der Waals surface area (Å²) in [6, 6.07) is 17.9. The third-order valence-electron chi connectivity index (χ3n) is 5.04. The van der Waals surface area contributed by atoms with Crippen LogP contribution in [-0.2, 0) is 13.0 Å². The van der Waals surface area contributed by atoms with Gasteiger partial charge in [0.05, 0.1) is 38.8 Å². The van der Waals surface area contributed by atoms with Gasteiger partial charge in [-0.25, -0.2) is 4.98 Å². The van der Waals surface area contributed by atoms with Gasteiger partial charge in [0.25, 0.3) is 5.56 Å². The maximum absolute atomic E-state index is 13.0. The fourth-order valence-corrected chi connectivity index (χ4v) is 4.34. The Kier molecular flexibility index (Phi) is 7.32. The predicted molar refractivity (Wildman–Crippen MR) is 138 cm³/mol. The molecule has 0 aliphatic carbocycles. The van der Waals surface area contributed by atoms with Gasteiger partial charge in [-0.3, -0.25) is 4.79 Å². The van der Waals surface area contributed by atoms with Gasteiger partial charge in [-0.2, -0.15) is 15.0 Å². The first-order chi connectivity index (χ1) is 16.4. The molecule has 1 aromatic heterocycles. The van der Waals surface area contributed by atoms with Crippen molar-refractivity contribution < 1.29 is 4.74 Å². The van der Waals surface area contributed by atoms with Crippen molar-refractivity contribution in [2.24, 2.45) is 5.10 Å². The molecule has 0 atom stereocenters. The third-order valence-corrected chi connectivity index (χ3v) is 6.10. The lowest BCUT2D eigenvalue weighted by molar-refractivity contribution is 0.306. The molecule has 0 saturated heterocycles. The molecule has 0 unspecified atom stereocenters. The molecule has 3 aromatic carbocycles. The van der Waals surface area contributed by atoms with Crippen LogP contribution in [0.25, 0.3) is 10.9 Å². The van der Waals surface area contributed by atoms with Gasteiger partial charge in [-0.05, 0) is 42.0 Å². The van der Waals surface area contributed by atoms with E-state index in [1.165, 1.54) is 10.9 Å². The summed E-state index contributed by atoms with van der Waals surface area (Å²) in [5.41, 5.74) is 2.18. The summed E-state index contributed by atoms with van der Waals surface area (Å²) >= 11 is 16.2. The molecule has 4 aromatic rings. The van der Waals surface area contributed by atoms with Crippen molar-refractivity contribution in [1.29, 1.82) is 5.26 Å². The van der Waals surface area contributed by atoms with E-state index in [0.29, 0.717) is 40.0 Å². The first kappa shape index (κ1) is 24.0. The number of ether oxygens (including phenoxy) is 1. The average Bonchev–Trinajstić information content (AvgIpc) is 2.83. The summed E-state index contributed by atoms with van der Waals surface area (Å²) in [5.74, 6) is 0.834. The van der Waals surface area contributed by atoms with Crippen LogP contribution < -0.4 is 10.3 Å². The van der Waals surface area contributed by atoms with E-state index < -0.39 is 0 Å². The number of halogens is 3. The highest BCUT2D eigenvalue weighted by molar-refractivity contribution is 9.10. The Balaban J connectivity index is 1.63. The molecule has 170 valence electrons. The van der Waals surface area contributed by atoms with Crippen molar-refractivity contribution in [2.45, 2.75) is 20.0 Å². The van der Waals surface area contributed by atoms with E-state index in [4.69, 9.17) is 27.9 Å². The zero-order valence-corrected chi connectivity index (χ0v) is 21.0. The number of aromatic nitrogens is 2. The first-order valence-electron chi connectivity index (χ1n) is 10.3. The first-order valence-corrected chi connectivity index (χ1v) is 11.8. The number of nitrogens with zero attached hydrogens (tertiary/aromatic N) is 4. The zero-order valence-electron chi connectivity index (χ0n) is 17.9. The minimum atomic E-state index is -0.271. The molecule has 0 aliphatic rings. The summed E-state index contributed by atoms with van der Waals surface area (Å²) in [6.45, 7) is 2.05. The Bertz CT molecular complexity index is 1500. The molecule has 0 aliphatic heterocycles. The molecule has 0 saturated carbocycles. The number of benzene rings is 3. The topological polar surface area (TPSA) is 80.3 Å². The zero-order chi connectivity index (χ0) is 24.2. The van der Waals surface area contributed by atoms with E-state index in [2.05, 4.69) is 32.1 Å². The van der Waals surface area contributed by atoms with Crippen LogP contribution in [0.4, 0.5) is 0 Å². The summed E-state index contributed by atoms with van der Waals surface area (Å²) in [6.07, 6.45) is 2.02. The monoisotopic (exact) mass is 554 g/mol. The largest absolute Gasteiger partial charge is 0.486 e. The third kappa shape index (κ3) is 5.00. The molecule has 0 amide bonds. The van der Waals surface area contributed by atoms with Crippen molar-refractivity contribution in [3.63, 3.8) is 0 Å². The number of nitriles is 1. The lowest BCUT2D eigenvalue weighted by Crippen LogP contribution is -2.22. The van der Waals surface area contributed by atoms with Crippen molar-refractivity contribution in [2.75, 3.05) is 0 Å². The van der Waals surface area contributed by atoms with E-state index in [0.717, 1.165) is 10.0 Å². The lowest BCUT2D eigenvalue weighted by atomic mass is 10.1. The molecule has 0 fully saturated rings. The van der Waals surface area contributed by atoms with Crippen LogP contribution in [0.15, 0.2) is 69.0 Å². The summed E-state index contributed by atoms with van der Waals surface area (Å²) in [7, 11) is 0. The van der Waals surface area contributed by atoms with E-state index in [1.807, 2.05) is 19.1 Å². The Morgan fingerprint density at radius 1 is 1.18 bits per heavy atom. The van der Waals surface area contributed by atoms with Gasteiger partial charge in [0, 0.05) is 16.5 Å². The summed E-state index contributed by atoms with van der Waals surface area (Å²) in [5, 5.41) is 14.6. The summed E-state index contributed by atoms with van der Waals surface area (Å²) in [4.78, 5) is 17.6. The highest BCUT2D eigenvalue weighted by Crippen LogP contribution is 2.34. The van der Waals surface area contributed by atoms with Crippen LogP contribution in [0, 0.1) is 11.3 Å². The minimum absolute atomic E-state index is 0.143. The van der Waals surface area contributed by atoms with Gasteiger partial charge in [0.1, 0.15) is 12.4 Å². The number of hydrogen-bond donors (Lipinski definition) is 0. The maximum Gasteiger partial charge on any atom is 0.282 e. The standard InChI is InChI=1S/C25H17BrCl2N4O2/c1-2-23-31-22-8-7-18(26)11-19(22)25(33)32(23)30-13-15-9-20(27)24(21(28)10-15)34-14-17-6-4-3-5-16(17)12-29/h3-11,13H,2,14H2,1H3. The van der Waals surface area contributed by atoms with Gasteiger partial charge in [0.2, 0.25) is 0 Å². The highest BCUT2D eigenvalue weighted by atomic mass is 79.9. The highest BCUT2D eigenvalue weighted by Gasteiger charge is 2.12. The molecule has 4 rings (SSSR count). The van der Waals surface area contributed by atoms with E-state index in [9.17, 15) is 10.1 Å². The molecule has 9 heteroatoms. The molecular weight excluding hydrogens is 539 g/mol. The number of rotatable bonds is 6. The van der Waals surface area contributed by atoms with Crippen LogP contribution in [0.3, 0.4) is 0 Å². The normalized spacial score (nSPS) is 11.1. The molecule has 1 heterocycles. The van der Waals surface area contributed by atoms with Crippen LogP contribution >= 0.6 is 39.1 Å². The Morgan fingerprint density at radius 2 is 1.91 bits per heavy atom. The van der Waals surface area contributed by atoms with Crippen molar-refractivity contribution >= 4 is 56.2 Å². The second-order valence-electron chi connectivity index (χ2n) is 7.28. The molecule has 0 bridgehead atoms.